The third kappa shape index (κ3) is 4.09. The number of likely N-dealkylation sites (N-methyl/N-ethyl adjacent to an activating group) is 1. The SMILES string of the molecule is CC(C)NC(=NCC(=O)N(C)C)N1CCC2(CCOC2)C1. The Bertz CT molecular complexity index is 400. The van der Waals surface area contributed by atoms with Crippen LogP contribution in [0.15, 0.2) is 4.99 Å². The lowest BCUT2D eigenvalue weighted by molar-refractivity contribution is -0.127. The van der Waals surface area contributed by atoms with Gasteiger partial charge >= 0.3 is 0 Å². The zero-order valence-corrected chi connectivity index (χ0v) is 13.7. The minimum atomic E-state index is 0.0242. The molecule has 0 aromatic heterocycles. The van der Waals surface area contributed by atoms with Gasteiger partial charge in [0, 0.05) is 45.2 Å². The molecular formula is C15H28N4O2. The number of likely N-dealkylation sites (tertiary alicyclic amines) is 1. The number of carbonyl (C=O) groups excluding carboxylic acids is 1. The number of ether oxygens (including phenoxy) is 1. The van der Waals surface area contributed by atoms with Crippen LogP contribution < -0.4 is 5.32 Å². The fourth-order valence-corrected chi connectivity index (χ4v) is 2.87. The molecule has 1 amide bonds. The smallest absolute Gasteiger partial charge is 0.243 e. The molecular weight excluding hydrogens is 268 g/mol. The summed E-state index contributed by atoms with van der Waals surface area (Å²) in [6.07, 6.45) is 2.28. The Hall–Kier alpha value is -1.30. The van der Waals surface area contributed by atoms with E-state index in [2.05, 4.69) is 29.1 Å². The molecule has 1 spiro atoms. The number of guanidine groups is 1. The first kappa shape index (κ1) is 16.1. The molecule has 120 valence electrons. The van der Waals surface area contributed by atoms with Gasteiger partial charge in [-0.25, -0.2) is 4.99 Å². The Labute approximate surface area is 127 Å². The van der Waals surface area contributed by atoms with Crippen LogP contribution in [0.2, 0.25) is 0 Å². The van der Waals surface area contributed by atoms with E-state index in [9.17, 15) is 4.79 Å². The minimum absolute atomic E-state index is 0.0242. The third-order valence-corrected chi connectivity index (χ3v) is 4.20. The summed E-state index contributed by atoms with van der Waals surface area (Å²) in [7, 11) is 3.52. The quantitative estimate of drug-likeness (QED) is 0.610. The maximum Gasteiger partial charge on any atom is 0.243 e. The van der Waals surface area contributed by atoms with Crippen molar-refractivity contribution in [3.05, 3.63) is 0 Å². The van der Waals surface area contributed by atoms with Crippen LogP contribution in [0.3, 0.4) is 0 Å². The van der Waals surface area contributed by atoms with E-state index in [-0.39, 0.29) is 12.5 Å². The van der Waals surface area contributed by atoms with Crippen molar-refractivity contribution in [2.75, 3.05) is 46.9 Å². The molecule has 0 radical (unpaired) electrons. The average molecular weight is 296 g/mol. The molecule has 1 unspecified atom stereocenters. The number of nitrogens with zero attached hydrogens (tertiary/aromatic N) is 3. The zero-order chi connectivity index (χ0) is 15.5. The summed E-state index contributed by atoms with van der Waals surface area (Å²) in [5.41, 5.74) is 0.297. The van der Waals surface area contributed by atoms with Gasteiger partial charge in [0.15, 0.2) is 5.96 Å². The van der Waals surface area contributed by atoms with E-state index in [1.807, 2.05) is 0 Å². The first-order valence-electron chi connectivity index (χ1n) is 7.76. The van der Waals surface area contributed by atoms with E-state index in [4.69, 9.17) is 4.74 Å². The zero-order valence-electron chi connectivity index (χ0n) is 13.7. The van der Waals surface area contributed by atoms with E-state index in [0.717, 1.165) is 45.1 Å². The molecule has 0 bridgehead atoms. The van der Waals surface area contributed by atoms with E-state index >= 15 is 0 Å². The van der Waals surface area contributed by atoms with Crippen molar-refractivity contribution in [2.45, 2.75) is 32.7 Å². The van der Waals surface area contributed by atoms with Crippen LogP contribution in [-0.2, 0) is 9.53 Å². The van der Waals surface area contributed by atoms with Crippen molar-refractivity contribution in [1.82, 2.24) is 15.1 Å². The van der Waals surface area contributed by atoms with Crippen LogP contribution in [-0.4, -0.2) is 74.7 Å². The number of rotatable bonds is 3. The molecule has 1 N–H and O–H groups in total. The van der Waals surface area contributed by atoms with E-state index in [1.165, 1.54) is 0 Å². The predicted molar refractivity (Wildman–Crippen MR) is 83.3 cm³/mol. The molecule has 6 nitrogen and oxygen atoms in total. The second-order valence-electron chi connectivity index (χ2n) is 6.70. The monoisotopic (exact) mass is 296 g/mol. The van der Waals surface area contributed by atoms with Crippen LogP contribution in [0, 0.1) is 5.41 Å². The number of hydrogen-bond acceptors (Lipinski definition) is 3. The lowest BCUT2D eigenvalue weighted by atomic mass is 9.87. The maximum absolute atomic E-state index is 11.8. The molecule has 2 heterocycles. The molecule has 0 aromatic carbocycles. The van der Waals surface area contributed by atoms with Crippen LogP contribution in [0.5, 0.6) is 0 Å². The van der Waals surface area contributed by atoms with Gasteiger partial charge in [0.2, 0.25) is 5.91 Å². The highest BCUT2D eigenvalue weighted by Gasteiger charge is 2.42. The number of nitrogens with one attached hydrogen (secondary N) is 1. The lowest BCUT2D eigenvalue weighted by Gasteiger charge is -2.26. The van der Waals surface area contributed by atoms with Gasteiger partial charge in [-0.3, -0.25) is 4.79 Å². The van der Waals surface area contributed by atoms with Gasteiger partial charge in [-0.05, 0) is 26.7 Å². The Kier molecular flexibility index (Phi) is 5.08. The highest BCUT2D eigenvalue weighted by molar-refractivity contribution is 5.85. The van der Waals surface area contributed by atoms with E-state index in [1.54, 1.807) is 19.0 Å². The molecule has 0 aliphatic carbocycles. The standard InChI is InChI=1S/C15H28N4O2/c1-12(2)17-14(16-9-13(20)18(3)4)19-7-5-15(10-19)6-8-21-11-15/h12H,5-11H2,1-4H3,(H,16,17). The molecule has 2 rings (SSSR count). The third-order valence-electron chi connectivity index (χ3n) is 4.20. The Morgan fingerprint density at radius 2 is 2.19 bits per heavy atom. The van der Waals surface area contributed by atoms with Crippen LogP contribution in [0.25, 0.3) is 0 Å². The topological polar surface area (TPSA) is 57.2 Å². The van der Waals surface area contributed by atoms with Gasteiger partial charge in [0.25, 0.3) is 0 Å². The summed E-state index contributed by atoms with van der Waals surface area (Å²) in [4.78, 5) is 20.1. The summed E-state index contributed by atoms with van der Waals surface area (Å²) in [6, 6.07) is 0.301. The maximum atomic E-state index is 11.8. The second kappa shape index (κ2) is 6.64. The molecule has 2 aliphatic heterocycles. The van der Waals surface area contributed by atoms with Crippen molar-refractivity contribution >= 4 is 11.9 Å². The van der Waals surface area contributed by atoms with Crippen LogP contribution in [0.1, 0.15) is 26.7 Å². The van der Waals surface area contributed by atoms with Gasteiger partial charge < -0.3 is 19.9 Å². The first-order valence-corrected chi connectivity index (χ1v) is 7.76. The Morgan fingerprint density at radius 1 is 1.43 bits per heavy atom. The molecule has 1 atom stereocenters. The number of hydrogen-bond donors (Lipinski definition) is 1. The number of aliphatic imine (C=N–C) groups is 1. The van der Waals surface area contributed by atoms with Crippen molar-refractivity contribution in [3.8, 4) is 0 Å². The average Bonchev–Trinajstić information content (AvgIpc) is 3.04. The van der Waals surface area contributed by atoms with Gasteiger partial charge in [0.1, 0.15) is 6.54 Å². The predicted octanol–water partition coefficient (Wildman–Crippen LogP) is 0.541. The largest absolute Gasteiger partial charge is 0.381 e. The molecule has 6 heteroatoms. The lowest BCUT2D eigenvalue weighted by Crippen LogP contribution is -2.44. The molecule has 0 saturated carbocycles. The van der Waals surface area contributed by atoms with Crippen molar-refractivity contribution in [3.63, 3.8) is 0 Å². The summed E-state index contributed by atoms with van der Waals surface area (Å²) >= 11 is 0. The van der Waals surface area contributed by atoms with E-state index < -0.39 is 0 Å². The van der Waals surface area contributed by atoms with Gasteiger partial charge in [-0.2, -0.15) is 0 Å². The summed E-state index contributed by atoms with van der Waals surface area (Å²) in [6.45, 7) is 8.07. The van der Waals surface area contributed by atoms with Crippen molar-refractivity contribution < 1.29 is 9.53 Å². The number of amides is 1. The fraction of sp³-hybridized carbons (Fsp3) is 0.867. The van der Waals surface area contributed by atoms with E-state index in [0.29, 0.717) is 11.5 Å². The number of carbonyl (C=O) groups is 1. The molecule has 21 heavy (non-hydrogen) atoms. The summed E-state index contributed by atoms with van der Waals surface area (Å²) in [5, 5.41) is 3.39. The molecule has 0 aromatic rings. The molecule has 2 saturated heterocycles. The first-order chi connectivity index (χ1) is 9.92. The fourth-order valence-electron chi connectivity index (χ4n) is 2.87. The van der Waals surface area contributed by atoms with Gasteiger partial charge in [-0.15, -0.1) is 0 Å². The van der Waals surface area contributed by atoms with Crippen molar-refractivity contribution in [1.29, 1.82) is 0 Å². The van der Waals surface area contributed by atoms with Crippen molar-refractivity contribution in [2.24, 2.45) is 10.4 Å². The van der Waals surface area contributed by atoms with Gasteiger partial charge in [-0.1, -0.05) is 0 Å². The summed E-state index contributed by atoms with van der Waals surface area (Å²) in [5.74, 6) is 0.875. The normalized spacial score (nSPS) is 26.0. The highest BCUT2D eigenvalue weighted by Crippen LogP contribution is 2.38. The van der Waals surface area contributed by atoms with Crippen LogP contribution in [0.4, 0.5) is 0 Å². The Balaban J connectivity index is 2.02. The van der Waals surface area contributed by atoms with Gasteiger partial charge in [0.05, 0.1) is 6.61 Å². The molecule has 2 aliphatic rings. The molecule has 2 fully saturated rings. The Morgan fingerprint density at radius 3 is 2.76 bits per heavy atom. The summed E-state index contributed by atoms with van der Waals surface area (Å²) < 4.78 is 5.57. The van der Waals surface area contributed by atoms with Crippen LogP contribution >= 0.6 is 0 Å². The second-order valence-corrected chi connectivity index (χ2v) is 6.70. The highest BCUT2D eigenvalue weighted by atomic mass is 16.5. The minimum Gasteiger partial charge on any atom is -0.381 e.